The van der Waals surface area contributed by atoms with Gasteiger partial charge in [-0.1, -0.05) is 0 Å². The second kappa shape index (κ2) is 6.65. The van der Waals surface area contributed by atoms with Crippen LogP contribution in [0.2, 0.25) is 0 Å². The van der Waals surface area contributed by atoms with E-state index < -0.39 is 24.0 Å². The summed E-state index contributed by atoms with van der Waals surface area (Å²) < 4.78 is 20.3. The highest BCUT2D eigenvalue weighted by Gasteiger charge is 2.37. The number of rotatable bonds is 5. The molecular formula is C13H14O8S. The lowest BCUT2D eigenvalue weighted by atomic mass is 10.3. The van der Waals surface area contributed by atoms with Gasteiger partial charge in [0.1, 0.15) is 6.61 Å². The number of hydrogen-bond acceptors (Lipinski definition) is 8. The van der Waals surface area contributed by atoms with E-state index in [1.165, 1.54) is 0 Å². The smallest absolute Gasteiger partial charge is 0.352 e. The average Bonchev–Trinajstić information content (AvgIpc) is 2.86. The van der Waals surface area contributed by atoms with Crippen LogP contribution in [0, 0.1) is 0 Å². The van der Waals surface area contributed by atoms with Gasteiger partial charge in [0.2, 0.25) is 6.10 Å². The monoisotopic (exact) mass is 330 g/mol. The summed E-state index contributed by atoms with van der Waals surface area (Å²) in [4.78, 5) is 34.9. The molecule has 0 aromatic carbocycles. The van der Waals surface area contributed by atoms with Gasteiger partial charge in [0.25, 0.3) is 0 Å². The van der Waals surface area contributed by atoms with Gasteiger partial charge in [0.05, 0.1) is 13.2 Å². The predicted molar refractivity (Wildman–Crippen MR) is 73.8 cm³/mol. The van der Waals surface area contributed by atoms with Gasteiger partial charge >= 0.3 is 17.9 Å². The fourth-order valence-electron chi connectivity index (χ4n) is 1.76. The van der Waals surface area contributed by atoms with E-state index in [9.17, 15) is 14.4 Å². The van der Waals surface area contributed by atoms with Crippen LogP contribution in [-0.2, 0) is 14.3 Å². The molecule has 0 saturated carbocycles. The molecule has 0 spiro atoms. The average molecular weight is 330 g/mol. The molecular weight excluding hydrogens is 316 g/mol. The van der Waals surface area contributed by atoms with Crippen molar-refractivity contribution in [2.24, 2.45) is 0 Å². The number of thiophene rings is 1. The maximum atomic E-state index is 11.9. The summed E-state index contributed by atoms with van der Waals surface area (Å²) in [6, 6.07) is 0. The predicted octanol–water partition coefficient (Wildman–Crippen LogP) is 1.33. The Morgan fingerprint density at radius 1 is 1.14 bits per heavy atom. The first-order valence-corrected chi connectivity index (χ1v) is 7.34. The first kappa shape index (κ1) is 16.1. The molecule has 0 radical (unpaired) electrons. The van der Waals surface area contributed by atoms with Crippen molar-refractivity contribution >= 4 is 29.2 Å². The van der Waals surface area contributed by atoms with Crippen LogP contribution in [0.3, 0.4) is 0 Å². The summed E-state index contributed by atoms with van der Waals surface area (Å²) in [7, 11) is 0. The molecule has 120 valence electrons. The van der Waals surface area contributed by atoms with Crippen LogP contribution in [0.1, 0.15) is 33.2 Å². The third kappa shape index (κ3) is 2.98. The molecule has 0 aliphatic carbocycles. The molecule has 1 aliphatic rings. The van der Waals surface area contributed by atoms with Crippen LogP contribution in [-0.4, -0.2) is 48.9 Å². The molecule has 1 N–H and O–H groups in total. The number of esters is 2. The van der Waals surface area contributed by atoms with Crippen molar-refractivity contribution in [1.82, 2.24) is 0 Å². The van der Waals surface area contributed by atoms with Crippen molar-refractivity contribution in [1.29, 1.82) is 0 Å². The molecule has 2 rings (SSSR count). The van der Waals surface area contributed by atoms with Gasteiger partial charge in [-0.2, -0.15) is 0 Å². The third-order valence-electron chi connectivity index (χ3n) is 2.66. The third-order valence-corrected chi connectivity index (χ3v) is 3.77. The van der Waals surface area contributed by atoms with Crippen LogP contribution < -0.4 is 9.47 Å². The number of ether oxygens (including phenoxy) is 4. The fourth-order valence-corrected chi connectivity index (χ4v) is 2.72. The van der Waals surface area contributed by atoms with Gasteiger partial charge in [-0.25, -0.2) is 14.4 Å². The van der Waals surface area contributed by atoms with Crippen LogP contribution in [0.4, 0.5) is 0 Å². The number of hydrogen-bond donors (Lipinski definition) is 1. The lowest BCUT2D eigenvalue weighted by molar-refractivity contribution is -0.147. The minimum Gasteiger partial charge on any atom is -0.483 e. The van der Waals surface area contributed by atoms with E-state index in [0.717, 1.165) is 11.3 Å². The van der Waals surface area contributed by atoms with Gasteiger partial charge in [0, 0.05) is 0 Å². The lowest BCUT2D eigenvalue weighted by Gasteiger charge is -2.22. The van der Waals surface area contributed by atoms with Crippen molar-refractivity contribution in [3.8, 4) is 11.5 Å². The Hall–Kier alpha value is -2.29. The van der Waals surface area contributed by atoms with Gasteiger partial charge < -0.3 is 24.1 Å². The normalized spacial score (nSPS) is 16.0. The summed E-state index contributed by atoms with van der Waals surface area (Å²) in [5.74, 6) is -2.69. The van der Waals surface area contributed by atoms with E-state index in [1.807, 2.05) is 0 Å². The minimum atomic E-state index is -1.26. The Labute approximate surface area is 129 Å². The molecule has 0 bridgehead atoms. The van der Waals surface area contributed by atoms with E-state index >= 15 is 0 Å². The molecule has 9 heteroatoms. The van der Waals surface area contributed by atoms with E-state index in [1.54, 1.807) is 13.8 Å². The molecule has 1 aromatic rings. The molecule has 1 atom stereocenters. The summed E-state index contributed by atoms with van der Waals surface area (Å²) >= 11 is 0.793. The highest BCUT2D eigenvalue weighted by Crippen LogP contribution is 2.45. The Bertz CT molecular complexity index is 605. The maximum Gasteiger partial charge on any atom is 0.352 e. The molecule has 0 saturated heterocycles. The molecule has 1 aliphatic heterocycles. The molecule has 22 heavy (non-hydrogen) atoms. The first-order chi connectivity index (χ1) is 10.5. The highest BCUT2D eigenvalue weighted by atomic mass is 32.1. The fraction of sp³-hybridized carbons (Fsp3) is 0.462. The zero-order valence-corrected chi connectivity index (χ0v) is 12.7. The van der Waals surface area contributed by atoms with Crippen LogP contribution in [0.25, 0.3) is 0 Å². The van der Waals surface area contributed by atoms with Crippen molar-refractivity contribution in [2.75, 3.05) is 19.8 Å². The SMILES string of the molecule is CCOC(=O)c1sc(C(=O)OCC)c2c1OC[C@@H](C(=O)O)O2. The van der Waals surface area contributed by atoms with E-state index in [-0.39, 0.29) is 41.1 Å². The van der Waals surface area contributed by atoms with Gasteiger partial charge in [-0.3, -0.25) is 0 Å². The zero-order valence-electron chi connectivity index (χ0n) is 11.9. The summed E-state index contributed by atoms with van der Waals surface area (Å²) in [5, 5.41) is 8.99. The number of fused-ring (bicyclic) bond motifs is 1. The highest BCUT2D eigenvalue weighted by molar-refractivity contribution is 7.16. The largest absolute Gasteiger partial charge is 0.483 e. The lowest BCUT2D eigenvalue weighted by Crippen LogP contribution is -2.36. The van der Waals surface area contributed by atoms with Crippen LogP contribution in [0.15, 0.2) is 0 Å². The maximum absolute atomic E-state index is 11.9. The molecule has 0 fully saturated rings. The van der Waals surface area contributed by atoms with Crippen LogP contribution >= 0.6 is 11.3 Å². The molecule has 8 nitrogen and oxygen atoms in total. The van der Waals surface area contributed by atoms with E-state index in [4.69, 9.17) is 24.1 Å². The summed E-state index contributed by atoms with van der Waals surface area (Å²) in [6.45, 7) is 3.28. The zero-order chi connectivity index (χ0) is 16.3. The summed E-state index contributed by atoms with van der Waals surface area (Å²) in [5.41, 5.74) is 0. The van der Waals surface area contributed by atoms with Crippen molar-refractivity contribution < 1.29 is 38.4 Å². The van der Waals surface area contributed by atoms with E-state index in [0.29, 0.717) is 0 Å². The number of aliphatic carboxylic acids is 1. The van der Waals surface area contributed by atoms with Crippen molar-refractivity contribution in [2.45, 2.75) is 20.0 Å². The van der Waals surface area contributed by atoms with Crippen molar-refractivity contribution in [3.63, 3.8) is 0 Å². The van der Waals surface area contributed by atoms with Crippen molar-refractivity contribution in [3.05, 3.63) is 9.75 Å². The standard InChI is InChI=1S/C13H14O8S/c1-3-18-12(16)9-7-8(10(22-9)13(17)19-4-2)21-6(5-20-7)11(14)15/h6H,3-5H2,1-2H3,(H,14,15)/t6-/m0/s1. The number of carbonyl (C=O) groups excluding carboxylic acids is 2. The summed E-state index contributed by atoms with van der Waals surface area (Å²) in [6.07, 6.45) is -1.26. The molecule has 2 heterocycles. The Kier molecular flexibility index (Phi) is 4.86. The number of carbonyl (C=O) groups is 3. The number of carboxylic acid groups (broad SMARTS) is 1. The van der Waals surface area contributed by atoms with E-state index in [2.05, 4.69) is 0 Å². The minimum absolute atomic E-state index is 0.0176. The molecule has 1 aromatic heterocycles. The Morgan fingerprint density at radius 3 is 2.18 bits per heavy atom. The van der Waals surface area contributed by atoms with Gasteiger partial charge in [-0.05, 0) is 13.8 Å². The number of carboxylic acids is 1. The quantitative estimate of drug-likeness (QED) is 0.805. The Balaban J connectivity index is 2.44. The van der Waals surface area contributed by atoms with Crippen LogP contribution in [0.5, 0.6) is 11.5 Å². The second-order valence-corrected chi connectivity index (χ2v) is 5.14. The Morgan fingerprint density at radius 2 is 1.68 bits per heavy atom. The topological polar surface area (TPSA) is 108 Å². The first-order valence-electron chi connectivity index (χ1n) is 6.52. The molecule has 0 unspecified atom stereocenters. The molecule has 0 amide bonds. The second-order valence-electron chi connectivity index (χ2n) is 4.12. The van der Waals surface area contributed by atoms with Gasteiger partial charge in [-0.15, -0.1) is 11.3 Å². The van der Waals surface area contributed by atoms with Gasteiger partial charge in [0.15, 0.2) is 21.3 Å².